The molecule has 0 saturated carbocycles. The van der Waals surface area contributed by atoms with Crippen molar-refractivity contribution in [3.8, 4) is 5.75 Å². The molecule has 0 unspecified atom stereocenters. The lowest BCUT2D eigenvalue weighted by Gasteiger charge is -2.34. The summed E-state index contributed by atoms with van der Waals surface area (Å²) >= 11 is 6.13. The van der Waals surface area contributed by atoms with Crippen LogP contribution in [0.4, 0.5) is 5.69 Å². The van der Waals surface area contributed by atoms with E-state index in [1.54, 1.807) is 66.7 Å². The van der Waals surface area contributed by atoms with Gasteiger partial charge in [-0.1, -0.05) is 72.3 Å². The Bertz CT molecular complexity index is 1630. The molecule has 4 rings (SSSR count). The van der Waals surface area contributed by atoms with Crippen LogP contribution >= 0.6 is 11.6 Å². The highest BCUT2D eigenvalue weighted by atomic mass is 35.5. The largest absolute Gasteiger partial charge is 0.497 e. The summed E-state index contributed by atoms with van der Waals surface area (Å²) in [6, 6.07) is 29.7. The zero-order chi connectivity index (χ0) is 31.7. The van der Waals surface area contributed by atoms with Crippen LogP contribution in [0.15, 0.2) is 114 Å². The van der Waals surface area contributed by atoms with Crippen molar-refractivity contribution in [1.29, 1.82) is 0 Å². The molecule has 4 aromatic carbocycles. The molecule has 0 bridgehead atoms. The van der Waals surface area contributed by atoms with Crippen LogP contribution in [0.1, 0.15) is 25.0 Å². The zero-order valence-corrected chi connectivity index (χ0v) is 26.5. The van der Waals surface area contributed by atoms with Gasteiger partial charge in [0, 0.05) is 24.0 Å². The van der Waals surface area contributed by atoms with Gasteiger partial charge in [0.25, 0.3) is 10.0 Å². The molecule has 0 aromatic heterocycles. The lowest BCUT2D eigenvalue weighted by Crippen LogP contribution is -2.54. The van der Waals surface area contributed by atoms with Crippen LogP contribution in [0.5, 0.6) is 5.75 Å². The number of carbonyl (C=O) groups is 2. The number of para-hydroxylation sites is 1. The minimum Gasteiger partial charge on any atom is -0.497 e. The van der Waals surface area contributed by atoms with Crippen molar-refractivity contribution in [3.05, 3.63) is 125 Å². The number of nitrogens with zero attached hydrogens (tertiary/aromatic N) is 2. The fraction of sp³-hybridized carbons (Fsp3) is 0.235. The molecule has 44 heavy (non-hydrogen) atoms. The molecule has 0 saturated heterocycles. The van der Waals surface area contributed by atoms with Crippen LogP contribution in [0.25, 0.3) is 0 Å². The Kier molecular flexibility index (Phi) is 11.0. The number of nitrogens with one attached hydrogen (secondary N) is 1. The quantitative estimate of drug-likeness (QED) is 0.204. The molecule has 0 heterocycles. The lowest BCUT2D eigenvalue weighted by atomic mass is 10.0. The number of hydrogen-bond acceptors (Lipinski definition) is 5. The van der Waals surface area contributed by atoms with Crippen LogP contribution < -0.4 is 14.4 Å². The molecule has 1 atom stereocenters. The predicted octanol–water partition coefficient (Wildman–Crippen LogP) is 5.71. The number of amides is 2. The molecule has 0 fully saturated rings. The number of methoxy groups -OCH3 is 1. The second-order valence-corrected chi connectivity index (χ2v) is 12.8. The molecule has 230 valence electrons. The van der Waals surface area contributed by atoms with E-state index in [0.29, 0.717) is 16.5 Å². The van der Waals surface area contributed by atoms with Crippen molar-refractivity contribution in [1.82, 2.24) is 10.2 Å². The van der Waals surface area contributed by atoms with E-state index in [1.165, 1.54) is 24.1 Å². The summed E-state index contributed by atoms with van der Waals surface area (Å²) < 4.78 is 34.4. The molecule has 1 N–H and O–H groups in total. The Balaban J connectivity index is 1.78. The zero-order valence-electron chi connectivity index (χ0n) is 24.9. The summed E-state index contributed by atoms with van der Waals surface area (Å²) in [6.45, 7) is 3.22. The molecule has 0 aliphatic carbocycles. The predicted molar refractivity (Wildman–Crippen MR) is 173 cm³/mol. The number of halogens is 1. The summed E-state index contributed by atoms with van der Waals surface area (Å²) in [5, 5.41) is 3.48. The smallest absolute Gasteiger partial charge is 0.264 e. The van der Waals surface area contributed by atoms with Gasteiger partial charge in [0.1, 0.15) is 18.3 Å². The van der Waals surface area contributed by atoms with Gasteiger partial charge in [-0.25, -0.2) is 8.42 Å². The standard InChI is InChI=1S/C34H36ClN3O5S/c1-25(2)36-34(40)32(22-26-10-6-4-7-11-26)37(23-27-14-16-28(35)17-15-27)33(39)24-38(29-12-8-5-9-13-29)44(41,42)31-20-18-30(43-3)19-21-31/h4-21,25,32H,22-24H2,1-3H3,(H,36,40)/t32-/m1/s1. The molecule has 2 amide bonds. The van der Waals surface area contributed by atoms with E-state index in [0.717, 1.165) is 15.4 Å². The summed E-state index contributed by atoms with van der Waals surface area (Å²) in [7, 11) is -2.70. The molecular weight excluding hydrogens is 598 g/mol. The minimum absolute atomic E-state index is 0.00223. The topological polar surface area (TPSA) is 96.0 Å². The van der Waals surface area contributed by atoms with Crippen molar-refractivity contribution in [3.63, 3.8) is 0 Å². The second-order valence-electron chi connectivity index (χ2n) is 10.5. The third kappa shape index (κ3) is 8.39. The molecule has 0 radical (unpaired) electrons. The van der Waals surface area contributed by atoms with Gasteiger partial charge in [-0.3, -0.25) is 13.9 Å². The summed E-state index contributed by atoms with van der Waals surface area (Å²) in [5.41, 5.74) is 1.91. The highest BCUT2D eigenvalue weighted by Gasteiger charge is 2.34. The maximum atomic E-state index is 14.4. The first-order valence-corrected chi connectivity index (χ1v) is 16.0. The fourth-order valence-electron chi connectivity index (χ4n) is 4.72. The molecular formula is C34H36ClN3O5S. The van der Waals surface area contributed by atoms with Gasteiger partial charge in [-0.15, -0.1) is 0 Å². The van der Waals surface area contributed by atoms with Crippen molar-refractivity contribution < 1.29 is 22.7 Å². The van der Waals surface area contributed by atoms with Gasteiger partial charge in [-0.2, -0.15) is 0 Å². The van der Waals surface area contributed by atoms with Crippen LogP contribution in [0.2, 0.25) is 5.02 Å². The Labute approximate surface area is 264 Å². The summed E-state index contributed by atoms with van der Waals surface area (Å²) in [5.74, 6) is -0.378. The fourth-order valence-corrected chi connectivity index (χ4v) is 6.26. The highest BCUT2D eigenvalue weighted by molar-refractivity contribution is 7.92. The third-order valence-corrected chi connectivity index (χ3v) is 8.98. The number of sulfonamides is 1. The molecule has 8 nitrogen and oxygen atoms in total. The molecule has 4 aromatic rings. The number of benzene rings is 4. The van der Waals surface area contributed by atoms with E-state index in [2.05, 4.69) is 5.32 Å². The van der Waals surface area contributed by atoms with Crippen LogP contribution in [0, 0.1) is 0 Å². The van der Waals surface area contributed by atoms with Crippen LogP contribution in [-0.2, 0) is 32.6 Å². The highest BCUT2D eigenvalue weighted by Crippen LogP contribution is 2.26. The number of rotatable bonds is 13. The van der Waals surface area contributed by atoms with E-state index in [1.807, 2.05) is 44.2 Å². The van der Waals surface area contributed by atoms with E-state index >= 15 is 0 Å². The number of ether oxygens (including phenoxy) is 1. The van der Waals surface area contributed by atoms with Crippen LogP contribution in [0.3, 0.4) is 0 Å². The number of hydrogen-bond donors (Lipinski definition) is 1. The first-order chi connectivity index (χ1) is 21.1. The molecule has 0 spiro atoms. The van der Waals surface area contributed by atoms with Crippen LogP contribution in [-0.4, -0.2) is 50.9 Å². The summed E-state index contributed by atoms with van der Waals surface area (Å²) in [4.78, 5) is 29.6. The average molecular weight is 634 g/mol. The first-order valence-electron chi connectivity index (χ1n) is 14.2. The van der Waals surface area contributed by atoms with Crippen molar-refractivity contribution in [2.75, 3.05) is 18.0 Å². The van der Waals surface area contributed by atoms with Gasteiger partial charge >= 0.3 is 0 Å². The maximum absolute atomic E-state index is 14.4. The Morgan fingerprint density at radius 2 is 1.41 bits per heavy atom. The van der Waals surface area contributed by atoms with E-state index < -0.39 is 28.5 Å². The molecule has 10 heteroatoms. The normalized spacial score (nSPS) is 11.9. The van der Waals surface area contributed by atoms with Gasteiger partial charge in [-0.05, 0) is 73.5 Å². The van der Waals surface area contributed by atoms with Gasteiger partial charge < -0.3 is 15.0 Å². The Hall–Kier alpha value is -4.34. The minimum atomic E-state index is -4.20. The van der Waals surface area contributed by atoms with Crippen molar-refractivity contribution >= 4 is 39.1 Å². The van der Waals surface area contributed by atoms with Gasteiger partial charge in [0.2, 0.25) is 11.8 Å². The summed E-state index contributed by atoms with van der Waals surface area (Å²) in [6.07, 6.45) is 0.231. The van der Waals surface area contributed by atoms with Gasteiger partial charge in [0.05, 0.1) is 17.7 Å². The first kappa shape index (κ1) is 32.6. The third-order valence-electron chi connectivity index (χ3n) is 6.94. The van der Waals surface area contributed by atoms with E-state index in [-0.39, 0.29) is 29.8 Å². The van der Waals surface area contributed by atoms with Crippen molar-refractivity contribution in [2.24, 2.45) is 0 Å². The van der Waals surface area contributed by atoms with E-state index in [9.17, 15) is 18.0 Å². The molecule has 0 aliphatic rings. The van der Waals surface area contributed by atoms with Gasteiger partial charge in [0.15, 0.2) is 0 Å². The molecule has 0 aliphatic heterocycles. The van der Waals surface area contributed by atoms with Crippen molar-refractivity contribution in [2.45, 2.75) is 43.8 Å². The van der Waals surface area contributed by atoms with E-state index in [4.69, 9.17) is 16.3 Å². The Morgan fingerprint density at radius 3 is 1.98 bits per heavy atom. The monoisotopic (exact) mass is 633 g/mol. The SMILES string of the molecule is COc1ccc(S(=O)(=O)N(CC(=O)N(Cc2ccc(Cl)cc2)[C@H](Cc2ccccc2)C(=O)NC(C)C)c2ccccc2)cc1. The Morgan fingerprint density at radius 1 is 0.818 bits per heavy atom. The average Bonchev–Trinajstić information content (AvgIpc) is 3.02. The number of anilines is 1. The maximum Gasteiger partial charge on any atom is 0.264 e. The second kappa shape index (κ2) is 14.9. The number of carbonyl (C=O) groups excluding carboxylic acids is 2. The lowest BCUT2D eigenvalue weighted by molar-refractivity contribution is -0.140.